The van der Waals surface area contributed by atoms with Crippen molar-refractivity contribution >= 4 is 22.7 Å². The summed E-state index contributed by atoms with van der Waals surface area (Å²) in [6.07, 6.45) is 5.04. The minimum absolute atomic E-state index is 0.880. The van der Waals surface area contributed by atoms with Gasteiger partial charge in [0, 0.05) is 56.1 Å². The quantitative estimate of drug-likeness (QED) is 0.547. The number of fused-ring (bicyclic) bond motifs is 2. The normalized spacial score (nSPS) is 15.0. The van der Waals surface area contributed by atoms with E-state index in [1.54, 1.807) is 11.8 Å². The zero-order chi connectivity index (χ0) is 15.8. The summed E-state index contributed by atoms with van der Waals surface area (Å²) in [7, 11) is 2.16. The van der Waals surface area contributed by atoms with Crippen LogP contribution >= 0.6 is 11.8 Å². The van der Waals surface area contributed by atoms with E-state index >= 15 is 0 Å². The van der Waals surface area contributed by atoms with Crippen molar-refractivity contribution in [3.05, 3.63) is 53.5 Å². The number of para-hydroxylation sites is 1. The third-order valence-corrected chi connectivity index (χ3v) is 5.17. The van der Waals surface area contributed by atoms with Gasteiger partial charge in [-0.2, -0.15) is 0 Å². The second kappa shape index (κ2) is 5.98. The third-order valence-electron chi connectivity index (χ3n) is 4.61. The summed E-state index contributed by atoms with van der Waals surface area (Å²) in [5.74, 6) is 0. The van der Waals surface area contributed by atoms with Crippen LogP contribution in [0.5, 0.6) is 0 Å². The maximum atomic E-state index is 4.65. The molecule has 0 amide bonds. The van der Waals surface area contributed by atoms with Gasteiger partial charge in [-0.3, -0.25) is 4.90 Å². The molecular formula is C18H20N4S. The van der Waals surface area contributed by atoms with Gasteiger partial charge >= 0.3 is 0 Å². The molecule has 1 aliphatic rings. The minimum atomic E-state index is 0.880. The van der Waals surface area contributed by atoms with Crippen molar-refractivity contribution in [3.8, 4) is 0 Å². The molecule has 4 rings (SSSR count). The maximum Gasteiger partial charge on any atom is 0.187 e. The molecule has 118 valence electrons. The molecule has 2 aromatic heterocycles. The van der Waals surface area contributed by atoms with Crippen LogP contribution in [0, 0.1) is 0 Å². The molecule has 3 aromatic rings. The minimum Gasteiger partial charge on any atom is -0.346 e. The van der Waals surface area contributed by atoms with E-state index in [9.17, 15) is 0 Å². The lowest BCUT2D eigenvalue weighted by Crippen LogP contribution is -2.31. The summed E-state index contributed by atoms with van der Waals surface area (Å²) in [5.41, 5.74) is 5.15. The number of hydrogen-bond donors (Lipinski definition) is 0. The molecule has 4 nitrogen and oxygen atoms in total. The first-order chi connectivity index (χ1) is 11.2. The molecule has 0 saturated heterocycles. The van der Waals surface area contributed by atoms with Gasteiger partial charge in [-0.1, -0.05) is 30.0 Å². The number of aryl methyl sites for hydroxylation is 1. The number of nitrogens with zero attached hydrogens (tertiary/aromatic N) is 4. The highest BCUT2D eigenvalue weighted by molar-refractivity contribution is 7.98. The van der Waals surface area contributed by atoms with E-state index in [1.807, 2.05) is 12.5 Å². The molecule has 1 aromatic carbocycles. The highest BCUT2D eigenvalue weighted by atomic mass is 32.2. The maximum absolute atomic E-state index is 4.65. The van der Waals surface area contributed by atoms with Crippen LogP contribution in [0.25, 0.3) is 10.9 Å². The first kappa shape index (κ1) is 14.7. The smallest absolute Gasteiger partial charge is 0.187 e. The van der Waals surface area contributed by atoms with Crippen LogP contribution in [-0.4, -0.2) is 32.2 Å². The molecular weight excluding hydrogens is 304 g/mol. The van der Waals surface area contributed by atoms with Crippen LogP contribution in [0.4, 0.5) is 0 Å². The lowest BCUT2D eigenvalue weighted by molar-refractivity contribution is 0.237. The predicted molar refractivity (Wildman–Crippen MR) is 94.6 cm³/mol. The summed E-state index contributed by atoms with van der Waals surface area (Å²) >= 11 is 1.61. The third kappa shape index (κ3) is 2.75. The Morgan fingerprint density at radius 1 is 1.26 bits per heavy atom. The molecule has 1 aliphatic heterocycles. The van der Waals surface area contributed by atoms with Gasteiger partial charge in [0.25, 0.3) is 0 Å². The molecule has 0 N–H and O–H groups in total. The second-order valence-corrected chi connectivity index (χ2v) is 6.82. The molecule has 0 aliphatic carbocycles. The van der Waals surface area contributed by atoms with Crippen LogP contribution in [0.3, 0.4) is 0 Å². The summed E-state index contributed by atoms with van der Waals surface area (Å²) in [5, 5.41) is 2.20. The fourth-order valence-corrected chi connectivity index (χ4v) is 3.68. The number of thioether (sulfide) groups is 1. The van der Waals surface area contributed by atoms with Gasteiger partial charge in [-0.15, -0.1) is 0 Å². The van der Waals surface area contributed by atoms with Crippen LogP contribution in [0.1, 0.15) is 17.0 Å². The number of hydrogen-bond acceptors (Lipinski definition) is 4. The van der Waals surface area contributed by atoms with Gasteiger partial charge in [-0.25, -0.2) is 9.97 Å². The number of benzene rings is 1. The van der Waals surface area contributed by atoms with Crippen molar-refractivity contribution in [1.29, 1.82) is 0 Å². The fourth-order valence-electron chi connectivity index (χ4n) is 3.32. The van der Waals surface area contributed by atoms with Crippen LogP contribution in [-0.2, 0) is 26.6 Å². The Morgan fingerprint density at radius 3 is 2.96 bits per heavy atom. The molecule has 0 bridgehead atoms. The average molecular weight is 324 g/mol. The molecule has 0 unspecified atom stereocenters. The van der Waals surface area contributed by atoms with E-state index in [0.717, 1.165) is 31.2 Å². The monoisotopic (exact) mass is 324 g/mol. The standard InChI is InChI=1S/C18H20N4S/c1-21-15(9-13-5-3-4-6-17(13)21)12-22-8-7-16-14(11-22)10-19-18(20-16)23-2/h3-6,9-10H,7-8,11-12H2,1-2H3. The van der Waals surface area contributed by atoms with E-state index in [0.29, 0.717) is 0 Å². The van der Waals surface area contributed by atoms with E-state index in [2.05, 4.69) is 56.8 Å². The van der Waals surface area contributed by atoms with Crippen molar-refractivity contribution in [2.45, 2.75) is 24.7 Å². The first-order valence-electron chi connectivity index (χ1n) is 7.89. The highest BCUT2D eigenvalue weighted by Crippen LogP contribution is 2.23. The topological polar surface area (TPSA) is 34.0 Å². The molecule has 5 heteroatoms. The van der Waals surface area contributed by atoms with Gasteiger partial charge in [0.05, 0.1) is 5.69 Å². The fraction of sp³-hybridized carbons (Fsp3) is 0.333. The molecule has 0 atom stereocenters. The highest BCUT2D eigenvalue weighted by Gasteiger charge is 2.19. The van der Waals surface area contributed by atoms with Crippen molar-refractivity contribution in [3.63, 3.8) is 0 Å². The summed E-state index contributed by atoms with van der Waals surface area (Å²) < 4.78 is 2.30. The lowest BCUT2D eigenvalue weighted by Gasteiger charge is -2.28. The molecule has 23 heavy (non-hydrogen) atoms. The molecule has 0 saturated carbocycles. The Labute approximate surface area is 140 Å². The Hall–Kier alpha value is -1.85. The van der Waals surface area contributed by atoms with E-state index < -0.39 is 0 Å². The van der Waals surface area contributed by atoms with Crippen LogP contribution in [0.2, 0.25) is 0 Å². The van der Waals surface area contributed by atoms with Crippen molar-refractivity contribution in [2.24, 2.45) is 7.05 Å². The zero-order valence-corrected chi connectivity index (χ0v) is 14.3. The number of aromatic nitrogens is 3. The van der Waals surface area contributed by atoms with Crippen molar-refractivity contribution in [2.75, 3.05) is 12.8 Å². The van der Waals surface area contributed by atoms with E-state index in [1.165, 1.54) is 27.9 Å². The van der Waals surface area contributed by atoms with Crippen LogP contribution < -0.4 is 0 Å². The molecule has 3 heterocycles. The Morgan fingerprint density at radius 2 is 2.13 bits per heavy atom. The van der Waals surface area contributed by atoms with Crippen molar-refractivity contribution in [1.82, 2.24) is 19.4 Å². The van der Waals surface area contributed by atoms with Crippen LogP contribution in [0.15, 0.2) is 41.7 Å². The number of rotatable bonds is 3. The molecule has 0 radical (unpaired) electrons. The Bertz CT molecular complexity index is 855. The average Bonchev–Trinajstić information content (AvgIpc) is 2.90. The molecule has 0 spiro atoms. The van der Waals surface area contributed by atoms with Gasteiger partial charge in [0.15, 0.2) is 5.16 Å². The molecule has 0 fully saturated rings. The van der Waals surface area contributed by atoms with E-state index in [-0.39, 0.29) is 0 Å². The lowest BCUT2D eigenvalue weighted by atomic mass is 10.1. The predicted octanol–water partition coefficient (Wildman–Crippen LogP) is 3.25. The second-order valence-electron chi connectivity index (χ2n) is 6.04. The first-order valence-corrected chi connectivity index (χ1v) is 9.11. The van der Waals surface area contributed by atoms with Gasteiger partial charge < -0.3 is 4.57 Å². The summed E-state index contributed by atoms with van der Waals surface area (Å²) in [4.78, 5) is 11.6. The van der Waals surface area contributed by atoms with Gasteiger partial charge in [-0.05, 0) is 23.8 Å². The van der Waals surface area contributed by atoms with Crippen molar-refractivity contribution < 1.29 is 0 Å². The SMILES string of the molecule is CSc1ncc2c(n1)CCN(Cc1cc3ccccc3n1C)C2. The summed E-state index contributed by atoms with van der Waals surface area (Å²) in [6.45, 7) is 2.96. The Kier molecular flexibility index (Phi) is 3.83. The Balaban J connectivity index is 1.56. The van der Waals surface area contributed by atoms with Gasteiger partial charge in [0.1, 0.15) is 0 Å². The van der Waals surface area contributed by atoms with Gasteiger partial charge in [0.2, 0.25) is 0 Å². The largest absolute Gasteiger partial charge is 0.346 e. The van der Waals surface area contributed by atoms with E-state index in [4.69, 9.17) is 0 Å². The zero-order valence-electron chi connectivity index (χ0n) is 13.5. The summed E-state index contributed by atoms with van der Waals surface area (Å²) in [6, 6.07) is 10.9.